The summed E-state index contributed by atoms with van der Waals surface area (Å²) in [6.07, 6.45) is 0.139. The highest BCUT2D eigenvalue weighted by atomic mass is 16.5. The van der Waals surface area contributed by atoms with Gasteiger partial charge in [-0.2, -0.15) is 0 Å². The van der Waals surface area contributed by atoms with E-state index in [1.54, 1.807) is 0 Å². The molecule has 124 valence electrons. The molecule has 2 aromatic rings. The van der Waals surface area contributed by atoms with E-state index in [-0.39, 0.29) is 6.10 Å². The van der Waals surface area contributed by atoms with Gasteiger partial charge in [0.15, 0.2) is 11.5 Å². The first-order chi connectivity index (χ1) is 11.1. The molecule has 0 aromatic heterocycles. The molecule has 0 saturated heterocycles. The van der Waals surface area contributed by atoms with Crippen LogP contribution < -0.4 is 14.8 Å². The van der Waals surface area contributed by atoms with Crippen LogP contribution in [0.4, 0.5) is 0 Å². The highest BCUT2D eigenvalue weighted by Crippen LogP contribution is 2.29. The van der Waals surface area contributed by atoms with Crippen molar-refractivity contribution in [3.63, 3.8) is 0 Å². The molecule has 1 N–H and O–H groups in total. The molecule has 23 heavy (non-hydrogen) atoms. The molecule has 3 nitrogen and oxygen atoms in total. The highest BCUT2D eigenvalue weighted by molar-refractivity contribution is 5.43. The van der Waals surface area contributed by atoms with Crippen molar-refractivity contribution in [3.8, 4) is 11.5 Å². The molecular weight excluding hydrogens is 286 g/mol. The monoisotopic (exact) mass is 313 g/mol. The molecule has 0 bridgehead atoms. The largest absolute Gasteiger partial charge is 0.490 e. The lowest BCUT2D eigenvalue weighted by Gasteiger charge is -2.15. The van der Waals surface area contributed by atoms with Crippen LogP contribution in [-0.2, 0) is 13.1 Å². The summed E-state index contributed by atoms with van der Waals surface area (Å²) in [6.45, 7) is 10.4. The Kier molecular flexibility index (Phi) is 6.48. The van der Waals surface area contributed by atoms with Crippen molar-refractivity contribution in [2.24, 2.45) is 0 Å². The van der Waals surface area contributed by atoms with E-state index in [0.29, 0.717) is 6.61 Å². The summed E-state index contributed by atoms with van der Waals surface area (Å²) in [4.78, 5) is 0. The molecule has 0 fully saturated rings. The van der Waals surface area contributed by atoms with Gasteiger partial charge in [-0.1, -0.05) is 35.9 Å². The molecule has 0 saturated carbocycles. The van der Waals surface area contributed by atoms with Crippen LogP contribution in [0.15, 0.2) is 42.5 Å². The molecule has 2 aromatic carbocycles. The zero-order valence-electron chi connectivity index (χ0n) is 14.6. The lowest BCUT2D eigenvalue weighted by molar-refractivity contribution is 0.223. The summed E-state index contributed by atoms with van der Waals surface area (Å²) >= 11 is 0. The van der Waals surface area contributed by atoms with Gasteiger partial charge in [0.1, 0.15) is 0 Å². The summed E-state index contributed by atoms with van der Waals surface area (Å²) in [7, 11) is 0. The molecule has 2 rings (SSSR count). The topological polar surface area (TPSA) is 30.5 Å². The van der Waals surface area contributed by atoms with Crippen LogP contribution in [-0.4, -0.2) is 12.7 Å². The zero-order chi connectivity index (χ0) is 16.7. The average molecular weight is 313 g/mol. The second-order valence-electron chi connectivity index (χ2n) is 5.97. The molecule has 0 amide bonds. The summed E-state index contributed by atoms with van der Waals surface area (Å²) in [6, 6.07) is 14.7. The average Bonchev–Trinajstić information content (AvgIpc) is 2.51. The van der Waals surface area contributed by atoms with E-state index in [4.69, 9.17) is 9.47 Å². The molecule has 0 spiro atoms. The van der Waals surface area contributed by atoms with E-state index in [1.807, 2.05) is 26.8 Å². The maximum Gasteiger partial charge on any atom is 0.161 e. The Bertz CT molecular complexity index is 606. The molecule has 0 aliphatic rings. The fraction of sp³-hybridized carbons (Fsp3) is 0.400. The minimum atomic E-state index is 0.139. The summed E-state index contributed by atoms with van der Waals surface area (Å²) in [5.41, 5.74) is 3.77. The third kappa shape index (κ3) is 5.61. The molecule has 0 atom stereocenters. The van der Waals surface area contributed by atoms with E-state index in [9.17, 15) is 0 Å². The van der Waals surface area contributed by atoms with E-state index < -0.39 is 0 Å². The number of benzene rings is 2. The summed E-state index contributed by atoms with van der Waals surface area (Å²) in [5.74, 6) is 1.62. The van der Waals surface area contributed by atoms with Gasteiger partial charge in [-0.3, -0.25) is 0 Å². The first kappa shape index (κ1) is 17.4. The van der Waals surface area contributed by atoms with Gasteiger partial charge < -0.3 is 14.8 Å². The Balaban J connectivity index is 1.96. The van der Waals surface area contributed by atoms with Crippen LogP contribution in [0.25, 0.3) is 0 Å². The molecule has 0 radical (unpaired) electrons. The predicted octanol–water partition coefficient (Wildman–Crippen LogP) is 4.47. The molecule has 0 aliphatic heterocycles. The van der Waals surface area contributed by atoms with Crippen molar-refractivity contribution in [1.29, 1.82) is 0 Å². The minimum absolute atomic E-state index is 0.139. The summed E-state index contributed by atoms with van der Waals surface area (Å²) in [5, 5.41) is 3.47. The first-order valence-corrected chi connectivity index (χ1v) is 8.27. The predicted molar refractivity (Wildman–Crippen MR) is 95.1 cm³/mol. The lowest BCUT2D eigenvalue weighted by Crippen LogP contribution is -2.13. The first-order valence-electron chi connectivity index (χ1n) is 8.27. The van der Waals surface area contributed by atoms with Crippen molar-refractivity contribution in [2.45, 2.75) is 46.9 Å². The van der Waals surface area contributed by atoms with Gasteiger partial charge in [-0.25, -0.2) is 0 Å². The fourth-order valence-electron chi connectivity index (χ4n) is 2.34. The Labute approximate surface area is 139 Å². The molecule has 0 unspecified atom stereocenters. The standard InChI is InChI=1S/C20H27NO2/c1-5-22-20-12-18(10-11-19(20)23-15(2)3)14-21-13-17-8-6-16(4)7-9-17/h6-12,15,21H,5,13-14H2,1-4H3. The van der Waals surface area contributed by atoms with Gasteiger partial charge in [-0.15, -0.1) is 0 Å². The maximum atomic E-state index is 5.79. The number of ether oxygens (including phenoxy) is 2. The Morgan fingerprint density at radius 2 is 1.57 bits per heavy atom. The van der Waals surface area contributed by atoms with Gasteiger partial charge in [0.2, 0.25) is 0 Å². The van der Waals surface area contributed by atoms with Crippen LogP contribution in [0.1, 0.15) is 37.5 Å². The van der Waals surface area contributed by atoms with Crippen LogP contribution >= 0.6 is 0 Å². The van der Waals surface area contributed by atoms with Gasteiger partial charge >= 0.3 is 0 Å². The van der Waals surface area contributed by atoms with Gasteiger partial charge in [0, 0.05) is 13.1 Å². The molecule has 0 heterocycles. The van der Waals surface area contributed by atoms with Crippen LogP contribution in [0.3, 0.4) is 0 Å². The van der Waals surface area contributed by atoms with E-state index >= 15 is 0 Å². The van der Waals surface area contributed by atoms with E-state index in [0.717, 1.165) is 24.6 Å². The smallest absolute Gasteiger partial charge is 0.161 e. The van der Waals surface area contributed by atoms with E-state index in [2.05, 4.69) is 48.6 Å². The number of aryl methyl sites for hydroxylation is 1. The Hall–Kier alpha value is -2.00. The number of hydrogen-bond acceptors (Lipinski definition) is 3. The van der Waals surface area contributed by atoms with Gasteiger partial charge in [-0.05, 0) is 51.0 Å². The highest BCUT2D eigenvalue weighted by Gasteiger charge is 2.08. The minimum Gasteiger partial charge on any atom is -0.490 e. The molecule has 3 heteroatoms. The number of rotatable bonds is 8. The van der Waals surface area contributed by atoms with E-state index in [1.165, 1.54) is 16.7 Å². The normalized spacial score (nSPS) is 10.8. The number of nitrogens with one attached hydrogen (secondary N) is 1. The Morgan fingerprint density at radius 1 is 0.913 bits per heavy atom. The second kappa shape index (κ2) is 8.59. The number of hydrogen-bond donors (Lipinski definition) is 1. The third-order valence-corrected chi connectivity index (χ3v) is 3.45. The van der Waals surface area contributed by atoms with Crippen molar-refractivity contribution < 1.29 is 9.47 Å². The quantitative estimate of drug-likeness (QED) is 0.780. The molecule has 0 aliphatic carbocycles. The van der Waals surface area contributed by atoms with Gasteiger partial charge in [0.05, 0.1) is 12.7 Å². The molecular formula is C20H27NO2. The van der Waals surface area contributed by atoms with Crippen LogP contribution in [0.5, 0.6) is 11.5 Å². The Morgan fingerprint density at radius 3 is 2.22 bits per heavy atom. The van der Waals surface area contributed by atoms with Crippen LogP contribution in [0, 0.1) is 6.92 Å². The lowest BCUT2D eigenvalue weighted by atomic mass is 10.1. The SMILES string of the molecule is CCOc1cc(CNCc2ccc(C)cc2)ccc1OC(C)C. The van der Waals surface area contributed by atoms with Crippen LogP contribution in [0.2, 0.25) is 0 Å². The third-order valence-electron chi connectivity index (χ3n) is 3.45. The van der Waals surface area contributed by atoms with Crippen molar-refractivity contribution in [3.05, 3.63) is 59.2 Å². The van der Waals surface area contributed by atoms with Gasteiger partial charge in [0.25, 0.3) is 0 Å². The van der Waals surface area contributed by atoms with Crippen molar-refractivity contribution in [1.82, 2.24) is 5.32 Å². The maximum absolute atomic E-state index is 5.79. The second-order valence-corrected chi connectivity index (χ2v) is 5.97. The zero-order valence-corrected chi connectivity index (χ0v) is 14.6. The van der Waals surface area contributed by atoms with Crippen molar-refractivity contribution >= 4 is 0 Å². The summed E-state index contributed by atoms with van der Waals surface area (Å²) < 4.78 is 11.5. The fourth-order valence-corrected chi connectivity index (χ4v) is 2.34. The van der Waals surface area contributed by atoms with Crippen molar-refractivity contribution in [2.75, 3.05) is 6.61 Å².